The zero-order valence-corrected chi connectivity index (χ0v) is 14.2. The number of ether oxygens (including phenoxy) is 3. The summed E-state index contributed by atoms with van der Waals surface area (Å²) in [6, 6.07) is 5.40. The molecule has 1 heterocycles. The number of rotatable bonds is 4. The van der Waals surface area contributed by atoms with Crippen LogP contribution in [0.25, 0.3) is 0 Å². The predicted molar refractivity (Wildman–Crippen MR) is 89.9 cm³/mol. The van der Waals surface area contributed by atoms with Crippen LogP contribution in [0.5, 0.6) is 5.75 Å². The smallest absolute Gasteiger partial charge is 0.406 e. The van der Waals surface area contributed by atoms with E-state index in [1.807, 2.05) is 0 Å². The number of nitrogens with one attached hydrogen (secondary N) is 1. The van der Waals surface area contributed by atoms with Crippen LogP contribution in [-0.4, -0.2) is 37.4 Å². The monoisotopic (exact) mass is 373 g/mol. The second-order valence-corrected chi connectivity index (χ2v) is 6.45. The van der Waals surface area contributed by atoms with Crippen molar-refractivity contribution in [2.75, 3.05) is 18.5 Å². The summed E-state index contributed by atoms with van der Waals surface area (Å²) in [5.74, 6) is -0.714. The molecule has 6 nitrogen and oxygen atoms in total. The minimum absolute atomic E-state index is 0.0855. The fourth-order valence-corrected chi connectivity index (χ4v) is 3.22. The van der Waals surface area contributed by atoms with Gasteiger partial charge in [-0.05, 0) is 25.0 Å². The van der Waals surface area contributed by atoms with Gasteiger partial charge in [0.25, 0.3) is 0 Å². The Morgan fingerprint density at radius 3 is 2.81 bits per heavy atom. The van der Waals surface area contributed by atoms with Crippen LogP contribution in [0.2, 0.25) is 0 Å². The Hall–Kier alpha value is -2.00. The van der Waals surface area contributed by atoms with Crippen LogP contribution in [0.15, 0.2) is 29.3 Å². The number of halogens is 3. The van der Waals surface area contributed by atoms with Crippen molar-refractivity contribution < 1.29 is 27.4 Å². The molecule has 1 atom stereocenters. The molecule has 1 saturated carbocycles. The maximum Gasteiger partial charge on any atom is 0.573 e. The fourth-order valence-electron chi connectivity index (χ4n) is 3.22. The zero-order valence-electron chi connectivity index (χ0n) is 14.2. The van der Waals surface area contributed by atoms with Gasteiger partial charge in [-0.25, -0.2) is 0 Å². The summed E-state index contributed by atoms with van der Waals surface area (Å²) in [7, 11) is 0. The first-order valence-corrected chi connectivity index (χ1v) is 8.58. The van der Waals surface area contributed by atoms with E-state index in [1.54, 1.807) is 6.07 Å². The van der Waals surface area contributed by atoms with Gasteiger partial charge >= 0.3 is 6.36 Å². The highest BCUT2D eigenvalue weighted by Gasteiger charge is 2.42. The van der Waals surface area contributed by atoms with Gasteiger partial charge in [-0.3, -0.25) is 4.99 Å². The first kappa shape index (κ1) is 18.8. The predicted octanol–water partition coefficient (Wildman–Crippen LogP) is 3.39. The number of hydrogen-bond donors (Lipinski definition) is 2. The maximum absolute atomic E-state index is 12.3. The van der Waals surface area contributed by atoms with Gasteiger partial charge in [-0.1, -0.05) is 12.5 Å². The molecule has 9 heteroatoms. The summed E-state index contributed by atoms with van der Waals surface area (Å²) in [6.07, 6.45) is 0.262. The van der Waals surface area contributed by atoms with Crippen molar-refractivity contribution in [3.05, 3.63) is 24.3 Å². The van der Waals surface area contributed by atoms with Crippen molar-refractivity contribution in [1.29, 1.82) is 0 Å². The molecule has 1 unspecified atom stereocenters. The molecule has 1 spiro atoms. The number of alkyl halides is 3. The summed E-state index contributed by atoms with van der Waals surface area (Å²) >= 11 is 0. The molecule has 3 N–H and O–H groups in total. The first-order valence-electron chi connectivity index (χ1n) is 8.58. The van der Waals surface area contributed by atoms with E-state index in [-0.39, 0.29) is 17.8 Å². The molecular weight excluding hydrogens is 351 g/mol. The van der Waals surface area contributed by atoms with Crippen LogP contribution in [0, 0.1) is 0 Å². The molecule has 1 aliphatic carbocycles. The number of anilines is 1. The van der Waals surface area contributed by atoms with Crippen LogP contribution < -0.4 is 15.8 Å². The molecule has 1 saturated heterocycles. The Bertz CT molecular complexity index is 646. The van der Waals surface area contributed by atoms with E-state index in [2.05, 4.69) is 15.0 Å². The van der Waals surface area contributed by atoms with Crippen LogP contribution in [0.3, 0.4) is 0 Å². The van der Waals surface area contributed by atoms with Crippen molar-refractivity contribution in [1.82, 2.24) is 0 Å². The van der Waals surface area contributed by atoms with E-state index < -0.39 is 12.1 Å². The van der Waals surface area contributed by atoms with Crippen molar-refractivity contribution in [2.45, 2.75) is 50.4 Å². The lowest BCUT2D eigenvalue weighted by Gasteiger charge is -2.31. The lowest BCUT2D eigenvalue weighted by atomic mass is 9.94. The number of guanidine groups is 1. The number of aliphatic imine (C=N–C) groups is 1. The lowest BCUT2D eigenvalue weighted by molar-refractivity contribution is -0.274. The quantitative estimate of drug-likeness (QED) is 0.625. The molecule has 2 aliphatic rings. The third kappa shape index (κ3) is 5.25. The largest absolute Gasteiger partial charge is 0.573 e. The van der Waals surface area contributed by atoms with Gasteiger partial charge in [0.05, 0.1) is 13.2 Å². The fraction of sp³-hybridized carbons (Fsp3) is 0.588. The molecule has 1 aromatic rings. The molecule has 0 bridgehead atoms. The summed E-state index contributed by atoms with van der Waals surface area (Å²) in [6.45, 7) is 0.783. The molecular formula is C17H22F3N3O3. The molecule has 1 aliphatic heterocycles. The highest BCUT2D eigenvalue weighted by Crippen LogP contribution is 2.37. The Morgan fingerprint density at radius 2 is 2.08 bits per heavy atom. The first-order chi connectivity index (χ1) is 12.3. The lowest BCUT2D eigenvalue weighted by Crippen LogP contribution is -2.34. The van der Waals surface area contributed by atoms with Gasteiger partial charge in [-0.15, -0.1) is 13.2 Å². The van der Waals surface area contributed by atoms with Gasteiger partial charge in [0.15, 0.2) is 11.7 Å². The van der Waals surface area contributed by atoms with E-state index in [4.69, 9.17) is 15.2 Å². The van der Waals surface area contributed by atoms with Gasteiger partial charge in [0.2, 0.25) is 0 Å². The Balaban J connectivity index is 1.52. The Morgan fingerprint density at radius 1 is 1.31 bits per heavy atom. The van der Waals surface area contributed by atoms with E-state index in [0.29, 0.717) is 18.8 Å². The topological polar surface area (TPSA) is 78.1 Å². The van der Waals surface area contributed by atoms with E-state index >= 15 is 0 Å². The Kier molecular flexibility index (Phi) is 5.57. The molecule has 3 rings (SSSR count). The van der Waals surface area contributed by atoms with Gasteiger partial charge < -0.3 is 25.3 Å². The van der Waals surface area contributed by atoms with Crippen LogP contribution >= 0.6 is 0 Å². The highest BCUT2D eigenvalue weighted by atomic mass is 19.4. The average Bonchev–Trinajstić information content (AvgIpc) is 2.95. The van der Waals surface area contributed by atoms with E-state index in [1.165, 1.54) is 24.6 Å². The van der Waals surface area contributed by atoms with Crippen LogP contribution in [-0.2, 0) is 9.47 Å². The molecule has 1 aromatic carbocycles. The highest BCUT2D eigenvalue weighted by molar-refractivity contribution is 5.92. The van der Waals surface area contributed by atoms with Crippen molar-refractivity contribution in [2.24, 2.45) is 10.7 Å². The molecule has 144 valence electrons. The van der Waals surface area contributed by atoms with Gasteiger partial charge in [-0.2, -0.15) is 0 Å². The number of nitrogens with zero attached hydrogens (tertiary/aromatic N) is 1. The molecule has 0 amide bonds. The standard InChI is InChI=1S/C17H22F3N3O3/c18-17(19,20)26-13-6-4-5-12(9-13)23-15(21)22-10-14-11-24-16(25-14)7-2-1-3-8-16/h4-6,9,14H,1-3,7-8,10-11H2,(H3,21,22,23). The third-order valence-electron chi connectivity index (χ3n) is 4.33. The van der Waals surface area contributed by atoms with Gasteiger partial charge in [0.1, 0.15) is 11.9 Å². The number of benzene rings is 1. The third-order valence-corrected chi connectivity index (χ3v) is 4.33. The number of nitrogens with two attached hydrogens (primary N) is 1. The molecule has 2 fully saturated rings. The average molecular weight is 373 g/mol. The van der Waals surface area contributed by atoms with E-state index in [0.717, 1.165) is 25.7 Å². The molecule has 26 heavy (non-hydrogen) atoms. The van der Waals surface area contributed by atoms with Crippen LogP contribution in [0.4, 0.5) is 18.9 Å². The minimum atomic E-state index is -4.74. The summed E-state index contributed by atoms with van der Waals surface area (Å²) < 4.78 is 52.5. The van der Waals surface area contributed by atoms with Gasteiger partial charge in [0, 0.05) is 24.6 Å². The van der Waals surface area contributed by atoms with E-state index in [9.17, 15) is 13.2 Å². The van der Waals surface area contributed by atoms with Crippen molar-refractivity contribution >= 4 is 11.6 Å². The second kappa shape index (κ2) is 7.71. The Labute approximate surface area is 149 Å². The maximum atomic E-state index is 12.3. The normalized spacial score (nSPS) is 23.2. The summed E-state index contributed by atoms with van der Waals surface area (Å²) in [5, 5.41) is 2.75. The number of hydrogen-bond acceptors (Lipinski definition) is 4. The molecule has 0 aromatic heterocycles. The molecule has 0 radical (unpaired) electrons. The van der Waals surface area contributed by atoms with Crippen molar-refractivity contribution in [3.8, 4) is 5.75 Å². The van der Waals surface area contributed by atoms with Crippen molar-refractivity contribution in [3.63, 3.8) is 0 Å². The zero-order chi connectivity index (χ0) is 18.6. The summed E-state index contributed by atoms with van der Waals surface area (Å²) in [5.41, 5.74) is 6.16. The minimum Gasteiger partial charge on any atom is -0.406 e. The SMILES string of the molecule is NC(=NCC1COC2(CCCCC2)O1)Nc1cccc(OC(F)(F)F)c1. The van der Waals surface area contributed by atoms with Crippen LogP contribution in [0.1, 0.15) is 32.1 Å². The summed E-state index contributed by atoms with van der Waals surface area (Å²) in [4.78, 5) is 4.20. The second-order valence-electron chi connectivity index (χ2n) is 6.45.